The Bertz CT molecular complexity index is 19.0. The highest BCUT2D eigenvalue weighted by atomic mass is 16.3. The molecule has 0 aromatic heterocycles. The zero-order chi connectivity index (χ0) is 6.83. The lowest BCUT2D eigenvalue weighted by molar-refractivity contribution is 0.294. The van der Waals surface area contributed by atoms with E-state index in [1.54, 1.807) is 0 Å². The van der Waals surface area contributed by atoms with Crippen LogP contribution in [0.15, 0.2) is 0 Å². The van der Waals surface area contributed by atoms with Crippen LogP contribution < -0.4 is 6.15 Å². The summed E-state index contributed by atoms with van der Waals surface area (Å²) in [6.45, 7) is 4.50. The van der Waals surface area contributed by atoms with Gasteiger partial charge in [0.25, 0.3) is 0 Å². The van der Waals surface area contributed by atoms with Crippen LogP contribution in [0, 0.1) is 0 Å². The first-order valence-corrected chi connectivity index (χ1v) is 3.05. The summed E-state index contributed by atoms with van der Waals surface area (Å²) in [5.74, 6) is 0. The Labute approximate surface area is 57.3 Å². The summed E-state index contributed by atoms with van der Waals surface area (Å²) in [5, 5.41) is 15.8. The van der Waals surface area contributed by atoms with Gasteiger partial charge >= 0.3 is 0 Å². The zero-order valence-electron chi connectivity index (χ0n) is 6.43. The van der Waals surface area contributed by atoms with Crippen molar-refractivity contribution in [3.63, 3.8) is 0 Å². The molecule has 3 heteroatoms. The third-order valence-corrected chi connectivity index (χ3v) is 0.447. The summed E-state index contributed by atoms with van der Waals surface area (Å²) in [5.41, 5.74) is 0. The Kier molecular flexibility index (Phi) is 43.9. The van der Waals surface area contributed by atoms with Crippen LogP contribution in [-0.2, 0) is 0 Å². The summed E-state index contributed by atoms with van der Waals surface area (Å²) in [6, 6.07) is 0. The molecule has 5 N–H and O–H groups in total. The molecule has 0 saturated heterocycles. The molecule has 0 aliphatic carbocycles. The van der Waals surface area contributed by atoms with Crippen LogP contribution in [0.4, 0.5) is 0 Å². The quantitative estimate of drug-likeness (QED) is 0.530. The van der Waals surface area contributed by atoms with E-state index in [4.69, 9.17) is 10.2 Å². The molecule has 0 fully saturated rings. The Hall–Kier alpha value is -0.120. The summed E-state index contributed by atoms with van der Waals surface area (Å²) < 4.78 is 0. The molecular weight excluding hydrogens is 118 g/mol. The highest BCUT2D eigenvalue weighted by molar-refractivity contribution is 4.10. The number of rotatable bonds is 2. The van der Waals surface area contributed by atoms with E-state index in [0.29, 0.717) is 13.2 Å². The van der Waals surface area contributed by atoms with Gasteiger partial charge in [0.05, 0.1) is 0 Å². The number of aliphatic hydroxyl groups excluding tert-OH is 2. The minimum Gasteiger partial charge on any atom is -0.396 e. The van der Waals surface area contributed by atoms with E-state index in [9.17, 15) is 0 Å². The van der Waals surface area contributed by atoms with E-state index in [2.05, 4.69) is 0 Å². The van der Waals surface area contributed by atoms with E-state index < -0.39 is 0 Å². The molecule has 0 rings (SSSR count). The van der Waals surface area contributed by atoms with Crippen molar-refractivity contribution in [2.24, 2.45) is 0 Å². The lowest BCUT2D eigenvalue weighted by Crippen LogP contribution is -1.69. The molecule has 0 aliphatic rings. The van der Waals surface area contributed by atoms with Gasteiger partial charge in [-0.2, -0.15) is 0 Å². The first-order valence-electron chi connectivity index (χ1n) is 3.05. The maximum absolute atomic E-state index is 7.88. The molecule has 0 aromatic rings. The van der Waals surface area contributed by atoms with E-state index in [1.165, 1.54) is 0 Å². The van der Waals surface area contributed by atoms with E-state index >= 15 is 0 Å². The Balaban J connectivity index is -0.0000000720. The van der Waals surface area contributed by atoms with Crippen molar-refractivity contribution in [1.29, 1.82) is 0 Å². The second-order valence-corrected chi connectivity index (χ2v) is 1.45. The van der Waals surface area contributed by atoms with Gasteiger partial charge in [-0.25, -0.2) is 0 Å². The Morgan fingerprint density at radius 2 is 1.00 bits per heavy atom. The van der Waals surface area contributed by atoms with E-state index in [-0.39, 0.29) is 6.15 Å². The third kappa shape index (κ3) is 77.1. The lowest BCUT2D eigenvalue weighted by Gasteiger charge is -1.69. The minimum absolute atomic E-state index is 0. The molecule has 0 amide bonds. The smallest absolute Gasteiger partial charge is 0.0428 e. The van der Waals surface area contributed by atoms with Crippen LogP contribution in [0.1, 0.15) is 26.7 Å². The highest BCUT2D eigenvalue weighted by Crippen LogP contribution is 1.61. The summed E-state index contributed by atoms with van der Waals surface area (Å²) >= 11 is 0. The topological polar surface area (TPSA) is 75.5 Å². The minimum atomic E-state index is 0. The first kappa shape index (κ1) is 15.9. The molecule has 3 nitrogen and oxygen atoms in total. The average Bonchev–Trinajstić information content (AvgIpc) is 1.88. The van der Waals surface area contributed by atoms with Crippen molar-refractivity contribution in [3.8, 4) is 0 Å². The van der Waals surface area contributed by atoms with E-state index in [0.717, 1.165) is 12.8 Å². The SMILES string of the molecule is CCCO.CCCO.N. The predicted octanol–water partition coefficient (Wildman–Crippen LogP) is 0.939. The van der Waals surface area contributed by atoms with Gasteiger partial charge in [0.15, 0.2) is 0 Å². The second-order valence-electron chi connectivity index (χ2n) is 1.45. The molecule has 0 atom stereocenters. The number of aliphatic hydroxyl groups is 2. The van der Waals surface area contributed by atoms with Gasteiger partial charge < -0.3 is 16.4 Å². The molecule has 0 radical (unpaired) electrons. The van der Waals surface area contributed by atoms with Gasteiger partial charge in [-0.05, 0) is 12.8 Å². The fourth-order valence-electron chi connectivity index (χ4n) is 0. The van der Waals surface area contributed by atoms with Gasteiger partial charge in [-0.1, -0.05) is 13.8 Å². The maximum Gasteiger partial charge on any atom is 0.0428 e. The van der Waals surface area contributed by atoms with Gasteiger partial charge in [0, 0.05) is 13.2 Å². The summed E-state index contributed by atoms with van der Waals surface area (Å²) in [6.07, 6.45) is 1.75. The van der Waals surface area contributed by atoms with E-state index in [1.807, 2.05) is 13.8 Å². The van der Waals surface area contributed by atoms with Gasteiger partial charge in [-0.15, -0.1) is 0 Å². The fraction of sp³-hybridized carbons (Fsp3) is 1.00. The molecule has 60 valence electrons. The molecule has 9 heavy (non-hydrogen) atoms. The predicted molar refractivity (Wildman–Crippen MR) is 39.8 cm³/mol. The van der Waals surface area contributed by atoms with Crippen LogP contribution in [0.25, 0.3) is 0 Å². The van der Waals surface area contributed by atoms with Gasteiger partial charge in [0.2, 0.25) is 0 Å². The molecule has 0 heterocycles. The van der Waals surface area contributed by atoms with Gasteiger partial charge in [0.1, 0.15) is 0 Å². The standard InChI is InChI=1S/2C3H8O.H3N/c2*1-2-3-4;/h2*4H,2-3H2,1H3;1H3. The fourth-order valence-corrected chi connectivity index (χ4v) is 0. The highest BCUT2D eigenvalue weighted by Gasteiger charge is 1.57. The summed E-state index contributed by atoms with van der Waals surface area (Å²) in [7, 11) is 0. The van der Waals surface area contributed by atoms with Crippen molar-refractivity contribution in [2.75, 3.05) is 13.2 Å². The van der Waals surface area contributed by atoms with Crippen LogP contribution >= 0.6 is 0 Å². The van der Waals surface area contributed by atoms with Crippen molar-refractivity contribution < 1.29 is 10.2 Å². The lowest BCUT2D eigenvalue weighted by atomic mass is 10.5. The molecule has 0 spiro atoms. The van der Waals surface area contributed by atoms with Gasteiger partial charge in [-0.3, -0.25) is 0 Å². The third-order valence-electron chi connectivity index (χ3n) is 0.447. The van der Waals surface area contributed by atoms with Crippen molar-refractivity contribution in [2.45, 2.75) is 26.7 Å². The molecule has 0 saturated carbocycles. The van der Waals surface area contributed by atoms with Crippen molar-refractivity contribution in [3.05, 3.63) is 0 Å². The van der Waals surface area contributed by atoms with Crippen LogP contribution in [0.5, 0.6) is 0 Å². The number of hydrogen-bond acceptors (Lipinski definition) is 3. The first-order chi connectivity index (χ1) is 3.83. The molecule has 0 bridgehead atoms. The van der Waals surface area contributed by atoms with Crippen molar-refractivity contribution in [1.82, 2.24) is 6.15 Å². The van der Waals surface area contributed by atoms with Crippen LogP contribution in [0.3, 0.4) is 0 Å². The molecule has 0 aromatic carbocycles. The molecule has 0 aliphatic heterocycles. The monoisotopic (exact) mass is 137 g/mol. The van der Waals surface area contributed by atoms with Crippen LogP contribution in [-0.4, -0.2) is 23.4 Å². The molecular formula is C6H19NO2. The summed E-state index contributed by atoms with van der Waals surface area (Å²) in [4.78, 5) is 0. The average molecular weight is 137 g/mol. The Morgan fingerprint density at radius 1 is 0.889 bits per heavy atom. The zero-order valence-corrected chi connectivity index (χ0v) is 6.43. The van der Waals surface area contributed by atoms with Crippen molar-refractivity contribution >= 4 is 0 Å². The molecule has 0 unspecified atom stereocenters. The Morgan fingerprint density at radius 3 is 1.00 bits per heavy atom. The maximum atomic E-state index is 7.88. The van der Waals surface area contributed by atoms with Crippen LogP contribution in [0.2, 0.25) is 0 Å². The second kappa shape index (κ2) is 24.8. The number of hydrogen-bond donors (Lipinski definition) is 3. The largest absolute Gasteiger partial charge is 0.396 e. The normalized spacial score (nSPS) is 6.67.